The molecule has 2 aromatic carbocycles. The Morgan fingerprint density at radius 1 is 1.13 bits per heavy atom. The SMILES string of the molecule is CCCOc1ccc(/C(O)=C2/C(=O)C(=O)N(CCOC)C2c2cccc(O)c2)cc1C. The molecule has 0 aliphatic carbocycles. The lowest BCUT2D eigenvalue weighted by Crippen LogP contribution is -2.32. The molecule has 1 fully saturated rings. The van der Waals surface area contributed by atoms with Gasteiger partial charge in [-0.15, -0.1) is 0 Å². The monoisotopic (exact) mass is 425 g/mol. The average Bonchev–Trinajstić information content (AvgIpc) is 3.01. The smallest absolute Gasteiger partial charge is 0.295 e. The topological polar surface area (TPSA) is 96.3 Å². The molecule has 1 aliphatic heterocycles. The normalized spacial score (nSPS) is 17.9. The number of hydrogen-bond donors (Lipinski definition) is 2. The molecule has 31 heavy (non-hydrogen) atoms. The van der Waals surface area contributed by atoms with Crippen molar-refractivity contribution >= 4 is 17.4 Å². The number of ketones is 1. The quantitative estimate of drug-likeness (QED) is 0.381. The minimum atomic E-state index is -0.835. The van der Waals surface area contributed by atoms with Crippen LogP contribution in [0.25, 0.3) is 5.76 Å². The molecular weight excluding hydrogens is 398 g/mol. The largest absolute Gasteiger partial charge is 0.508 e. The van der Waals surface area contributed by atoms with Crippen LogP contribution in [0, 0.1) is 6.92 Å². The first-order valence-corrected chi connectivity index (χ1v) is 10.2. The van der Waals surface area contributed by atoms with Gasteiger partial charge in [0.05, 0.1) is 24.8 Å². The first kappa shape index (κ1) is 22.4. The number of amides is 1. The summed E-state index contributed by atoms with van der Waals surface area (Å²) in [6, 6.07) is 10.6. The Morgan fingerprint density at radius 2 is 1.90 bits per heavy atom. The summed E-state index contributed by atoms with van der Waals surface area (Å²) in [6.07, 6.45) is 0.871. The van der Waals surface area contributed by atoms with E-state index in [1.807, 2.05) is 13.8 Å². The van der Waals surface area contributed by atoms with E-state index in [0.717, 1.165) is 12.0 Å². The van der Waals surface area contributed by atoms with Gasteiger partial charge in [-0.2, -0.15) is 0 Å². The van der Waals surface area contributed by atoms with E-state index in [0.29, 0.717) is 23.5 Å². The number of aliphatic hydroxyl groups excluding tert-OH is 1. The van der Waals surface area contributed by atoms with Gasteiger partial charge in [-0.1, -0.05) is 19.1 Å². The summed E-state index contributed by atoms with van der Waals surface area (Å²) in [5, 5.41) is 21.0. The zero-order chi connectivity index (χ0) is 22.5. The number of ether oxygens (including phenoxy) is 2. The summed E-state index contributed by atoms with van der Waals surface area (Å²) >= 11 is 0. The van der Waals surface area contributed by atoms with Crippen LogP contribution in [0.2, 0.25) is 0 Å². The van der Waals surface area contributed by atoms with Crippen LogP contribution in [0.5, 0.6) is 11.5 Å². The summed E-state index contributed by atoms with van der Waals surface area (Å²) in [4.78, 5) is 27.0. The van der Waals surface area contributed by atoms with Gasteiger partial charge < -0.3 is 24.6 Å². The molecule has 1 saturated heterocycles. The molecular formula is C24H27NO6. The molecule has 3 rings (SSSR count). The minimum Gasteiger partial charge on any atom is -0.508 e. The fraction of sp³-hybridized carbons (Fsp3) is 0.333. The fourth-order valence-corrected chi connectivity index (χ4v) is 3.67. The van der Waals surface area contributed by atoms with Crippen molar-refractivity contribution in [2.24, 2.45) is 0 Å². The van der Waals surface area contributed by atoms with E-state index < -0.39 is 17.7 Å². The number of phenols is 1. The van der Waals surface area contributed by atoms with Crippen molar-refractivity contribution in [1.82, 2.24) is 4.90 Å². The van der Waals surface area contributed by atoms with E-state index in [-0.39, 0.29) is 30.2 Å². The Balaban J connectivity index is 2.10. The van der Waals surface area contributed by atoms with Crippen molar-refractivity contribution in [3.05, 3.63) is 64.7 Å². The number of carbonyl (C=O) groups excluding carboxylic acids is 2. The molecule has 2 N–H and O–H groups in total. The third-order valence-electron chi connectivity index (χ3n) is 5.17. The Hall–Kier alpha value is -3.32. The number of Topliss-reactive ketones (excluding diaryl/α,β-unsaturated/α-hetero) is 1. The van der Waals surface area contributed by atoms with E-state index in [1.165, 1.54) is 24.1 Å². The van der Waals surface area contributed by atoms with Crippen LogP contribution in [0.1, 0.15) is 36.1 Å². The number of aromatic hydroxyl groups is 1. The number of aliphatic hydroxyl groups is 1. The van der Waals surface area contributed by atoms with Gasteiger partial charge in [-0.05, 0) is 54.8 Å². The maximum absolute atomic E-state index is 12.9. The van der Waals surface area contributed by atoms with E-state index in [9.17, 15) is 19.8 Å². The van der Waals surface area contributed by atoms with E-state index in [2.05, 4.69) is 0 Å². The Kier molecular flexibility index (Phi) is 6.97. The van der Waals surface area contributed by atoms with Gasteiger partial charge in [0.1, 0.15) is 17.3 Å². The molecule has 0 bridgehead atoms. The van der Waals surface area contributed by atoms with E-state index in [4.69, 9.17) is 9.47 Å². The zero-order valence-corrected chi connectivity index (χ0v) is 17.9. The molecule has 1 unspecified atom stereocenters. The molecule has 164 valence electrons. The van der Waals surface area contributed by atoms with Gasteiger partial charge in [0.2, 0.25) is 0 Å². The zero-order valence-electron chi connectivity index (χ0n) is 17.9. The molecule has 1 atom stereocenters. The molecule has 0 aromatic heterocycles. The molecule has 1 amide bonds. The highest BCUT2D eigenvalue weighted by molar-refractivity contribution is 6.46. The van der Waals surface area contributed by atoms with Gasteiger partial charge in [-0.3, -0.25) is 9.59 Å². The van der Waals surface area contributed by atoms with Crippen LogP contribution in [0.15, 0.2) is 48.0 Å². The number of methoxy groups -OCH3 is 1. The third kappa shape index (κ3) is 4.56. The van der Waals surface area contributed by atoms with Crippen molar-refractivity contribution in [2.45, 2.75) is 26.3 Å². The highest BCUT2D eigenvalue weighted by atomic mass is 16.5. The number of rotatable bonds is 8. The molecule has 7 nitrogen and oxygen atoms in total. The van der Waals surface area contributed by atoms with E-state index in [1.54, 1.807) is 30.3 Å². The molecule has 1 heterocycles. The van der Waals surface area contributed by atoms with Crippen LogP contribution in [0.3, 0.4) is 0 Å². The van der Waals surface area contributed by atoms with Crippen LogP contribution in [-0.4, -0.2) is 53.7 Å². The highest BCUT2D eigenvalue weighted by Crippen LogP contribution is 2.40. The number of nitrogens with zero attached hydrogens (tertiary/aromatic N) is 1. The second-order valence-electron chi connectivity index (χ2n) is 7.41. The third-order valence-corrected chi connectivity index (χ3v) is 5.17. The number of phenolic OH excluding ortho intramolecular Hbond substituents is 1. The summed E-state index contributed by atoms with van der Waals surface area (Å²) in [6.45, 7) is 4.84. The maximum atomic E-state index is 12.9. The second kappa shape index (κ2) is 9.66. The number of likely N-dealkylation sites (tertiary alicyclic amines) is 1. The molecule has 7 heteroatoms. The van der Waals surface area contributed by atoms with Gasteiger partial charge in [-0.25, -0.2) is 0 Å². The average molecular weight is 425 g/mol. The van der Waals surface area contributed by atoms with Crippen molar-refractivity contribution in [3.63, 3.8) is 0 Å². The van der Waals surface area contributed by atoms with Crippen molar-refractivity contribution in [3.8, 4) is 11.5 Å². The van der Waals surface area contributed by atoms with E-state index >= 15 is 0 Å². The number of hydrogen-bond acceptors (Lipinski definition) is 6. The first-order chi connectivity index (χ1) is 14.9. The number of aryl methyl sites for hydroxylation is 1. The number of carbonyl (C=O) groups is 2. The van der Waals surface area contributed by atoms with Gasteiger partial charge >= 0.3 is 0 Å². The second-order valence-corrected chi connectivity index (χ2v) is 7.41. The Morgan fingerprint density at radius 3 is 2.55 bits per heavy atom. The maximum Gasteiger partial charge on any atom is 0.295 e. The lowest BCUT2D eigenvalue weighted by Gasteiger charge is -2.25. The molecule has 1 aliphatic rings. The summed E-state index contributed by atoms with van der Waals surface area (Å²) in [5.74, 6) is -1.05. The van der Waals surface area contributed by atoms with Crippen LogP contribution in [0.4, 0.5) is 0 Å². The van der Waals surface area contributed by atoms with Gasteiger partial charge in [0.25, 0.3) is 11.7 Å². The first-order valence-electron chi connectivity index (χ1n) is 10.2. The van der Waals surface area contributed by atoms with Gasteiger partial charge in [0.15, 0.2) is 0 Å². The van der Waals surface area contributed by atoms with Crippen molar-refractivity contribution in [1.29, 1.82) is 0 Å². The molecule has 0 radical (unpaired) electrons. The lowest BCUT2D eigenvalue weighted by atomic mass is 9.94. The molecule has 2 aromatic rings. The molecule has 0 spiro atoms. The summed E-state index contributed by atoms with van der Waals surface area (Å²) in [5.41, 5.74) is 1.72. The van der Waals surface area contributed by atoms with Crippen molar-refractivity contribution < 1.29 is 29.3 Å². The predicted molar refractivity (Wildman–Crippen MR) is 116 cm³/mol. The highest BCUT2D eigenvalue weighted by Gasteiger charge is 2.46. The Labute approximate surface area is 181 Å². The summed E-state index contributed by atoms with van der Waals surface area (Å²) in [7, 11) is 1.50. The number of benzene rings is 2. The fourth-order valence-electron chi connectivity index (χ4n) is 3.67. The van der Waals surface area contributed by atoms with Gasteiger partial charge in [0, 0.05) is 19.2 Å². The van der Waals surface area contributed by atoms with Crippen molar-refractivity contribution in [2.75, 3.05) is 26.9 Å². The lowest BCUT2D eigenvalue weighted by molar-refractivity contribution is -0.140. The minimum absolute atomic E-state index is 0.00287. The van der Waals surface area contributed by atoms with Crippen LogP contribution < -0.4 is 4.74 Å². The standard InChI is InChI=1S/C24H27NO6/c1-4-11-31-19-9-8-17(13-15(19)2)22(27)20-21(16-6-5-7-18(26)14-16)25(10-12-30-3)24(29)23(20)28/h5-9,13-14,21,26-27H,4,10-12H2,1-3H3/b22-20-. The van der Waals surface area contributed by atoms with Crippen LogP contribution in [-0.2, 0) is 14.3 Å². The molecule has 0 saturated carbocycles. The van der Waals surface area contributed by atoms with Crippen LogP contribution >= 0.6 is 0 Å². The predicted octanol–water partition coefficient (Wildman–Crippen LogP) is 3.56. The summed E-state index contributed by atoms with van der Waals surface area (Å²) < 4.78 is 10.8. The Bertz CT molecular complexity index is 1010.